The first kappa shape index (κ1) is 18.4. The van der Waals surface area contributed by atoms with Gasteiger partial charge in [-0.05, 0) is 42.3 Å². The minimum Gasteiger partial charge on any atom is -0.496 e. The van der Waals surface area contributed by atoms with Crippen LogP contribution in [0.4, 0.5) is 5.69 Å². The van der Waals surface area contributed by atoms with Crippen LogP contribution < -0.4 is 19.1 Å². The van der Waals surface area contributed by atoms with E-state index in [1.165, 1.54) is 18.2 Å². The van der Waals surface area contributed by atoms with Gasteiger partial charge in [0, 0.05) is 30.5 Å². The van der Waals surface area contributed by atoms with Crippen LogP contribution in [0.25, 0.3) is 5.70 Å². The molecule has 1 aliphatic heterocycles. The predicted octanol–water partition coefficient (Wildman–Crippen LogP) is 3.86. The van der Waals surface area contributed by atoms with E-state index in [1.54, 1.807) is 25.4 Å². The average molecular weight is 391 g/mol. The largest absolute Gasteiger partial charge is 0.496 e. The Morgan fingerprint density at radius 1 is 1.42 bits per heavy atom. The van der Waals surface area contributed by atoms with Crippen LogP contribution in [0.15, 0.2) is 41.4 Å². The molecule has 0 fully saturated rings. The van der Waals surface area contributed by atoms with Crippen molar-refractivity contribution in [2.75, 3.05) is 31.6 Å². The summed E-state index contributed by atoms with van der Waals surface area (Å²) in [6, 6.07) is 7.49. The van der Waals surface area contributed by atoms with Crippen molar-refractivity contribution < 1.29 is 9.47 Å². The summed E-state index contributed by atoms with van der Waals surface area (Å²) in [6.07, 6.45) is 4.71. The number of allylic oxidation sites excluding steroid dienone is 1. The SMILES string of the molecule is COc1ccc(Cl)cc1SN(C)c1cnc2c(c1)/C(=C/C=N)NCCO2. The molecule has 0 saturated carbocycles. The molecule has 0 amide bonds. The number of aromatic nitrogens is 1. The van der Waals surface area contributed by atoms with E-state index in [0.29, 0.717) is 24.1 Å². The van der Waals surface area contributed by atoms with Gasteiger partial charge in [0.1, 0.15) is 12.4 Å². The van der Waals surface area contributed by atoms with E-state index >= 15 is 0 Å². The van der Waals surface area contributed by atoms with Crippen LogP contribution in [-0.2, 0) is 0 Å². The number of pyridine rings is 1. The average Bonchev–Trinajstić information content (AvgIpc) is 2.84. The summed E-state index contributed by atoms with van der Waals surface area (Å²) >= 11 is 7.61. The van der Waals surface area contributed by atoms with Crippen LogP contribution in [0.5, 0.6) is 11.6 Å². The first-order valence-electron chi connectivity index (χ1n) is 7.95. The van der Waals surface area contributed by atoms with Crippen LogP contribution in [-0.4, -0.2) is 38.5 Å². The summed E-state index contributed by atoms with van der Waals surface area (Å²) in [5.74, 6) is 1.31. The van der Waals surface area contributed by atoms with Gasteiger partial charge in [-0.3, -0.25) is 0 Å². The maximum absolute atomic E-state index is 7.36. The number of nitrogens with zero attached hydrogens (tertiary/aromatic N) is 2. The predicted molar refractivity (Wildman–Crippen MR) is 107 cm³/mol. The molecule has 0 saturated heterocycles. The number of halogens is 1. The molecule has 0 unspecified atom stereocenters. The van der Waals surface area contributed by atoms with Crippen molar-refractivity contribution in [2.24, 2.45) is 0 Å². The second-order valence-electron chi connectivity index (χ2n) is 5.45. The molecule has 0 atom stereocenters. The molecule has 0 radical (unpaired) electrons. The van der Waals surface area contributed by atoms with Gasteiger partial charge in [0.25, 0.3) is 0 Å². The summed E-state index contributed by atoms with van der Waals surface area (Å²) in [6.45, 7) is 1.19. The van der Waals surface area contributed by atoms with E-state index < -0.39 is 0 Å². The van der Waals surface area contributed by atoms with Gasteiger partial charge in [-0.15, -0.1) is 0 Å². The number of methoxy groups -OCH3 is 1. The van der Waals surface area contributed by atoms with Gasteiger partial charge < -0.3 is 24.5 Å². The second-order valence-corrected chi connectivity index (χ2v) is 7.06. The van der Waals surface area contributed by atoms with Crippen molar-refractivity contribution in [2.45, 2.75) is 4.90 Å². The minimum atomic E-state index is 0.527. The summed E-state index contributed by atoms with van der Waals surface area (Å²) < 4.78 is 13.1. The second kappa shape index (κ2) is 8.33. The Kier molecular flexibility index (Phi) is 5.90. The van der Waals surface area contributed by atoms with Crippen LogP contribution in [0.1, 0.15) is 5.56 Å². The zero-order valence-corrected chi connectivity index (χ0v) is 16.0. The number of rotatable bonds is 5. The molecule has 2 aromatic rings. The van der Waals surface area contributed by atoms with Crippen LogP contribution in [0.2, 0.25) is 5.02 Å². The first-order chi connectivity index (χ1) is 12.6. The molecule has 8 heteroatoms. The smallest absolute Gasteiger partial charge is 0.223 e. The van der Waals surface area contributed by atoms with E-state index in [9.17, 15) is 0 Å². The van der Waals surface area contributed by atoms with Crippen molar-refractivity contribution >= 4 is 41.1 Å². The third-order valence-electron chi connectivity index (χ3n) is 3.76. The number of benzene rings is 1. The van der Waals surface area contributed by atoms with Crippen molar-refractivity contribution in [3.63, 3.8) is 0 Å². The Labute approximate surface area is 161 Å². The fourth-order valence-electron chi connectivity index (χ4n) is 2.50. The van der Waals surface area contributed by atoms with Gasteiger partial charge in [-0.2, -0.15) is 0 Å². The zero-order valence-electron chi connectivity index (χ0n) is 14.5. The van der Waals surface area contributed by atoms with Crippen molar-refractivity contribution in [1.29, 1.82) is 5.41 Å². The molecular weight excluding hydrogens is 372 g/mol. The molecular formula is C18H19ClN4O2S. The Balaban J connectivity index is 1.91. The lowest BCUT2D eigenvalue weighted by molar-refractivity contribution is 0.315. The van der Waals surface area contributed by atoms with Crippen LogP contribution in [0, 0.1) is 5.41 Å². The van der Waals surface area contributed by atoms with Gasteiger partial charge in [0.15, 0.2) is 0 Å². The number of nitrogens with one attached hydrogen (secondary N) is 2. The number of ether oxygens (including phenoxy) is 2. The van der Waals surface area contributed by atoms with E-state index in [1.807, 2.05) is 29.6 Å². The highest BCUT2D eigenvalue weighted by molar-refractivity contribution is 8.00. The van der Waals surface area contributed by atoms with Crippen LogP contribution in [0.3, 0.4) is 0 Å². The molecule has 2 heterocycles. The molecule has 1 aliphatic rings. The van der Waals surface area contributed by atoms with Gasteiger partial charge in [0.2, 0.25) is 5.88 Å². The normalized spacial score (nSPS) is 14.7. The van der Waals surface area contributed by atoms with Crippen molar-refractivity contribution in [3.8, 4) is 11.6 Å². The number of hydrogen-bond donors (Lipinski definition) is 2. The fraction of sp³-hybridized carbons (Fsp3) is 0.222. The molecule has 0 aliphatic carbocycles. The summed E-state index contributed by atoms with van der Waals surface area (Å²) in [4.78, 5) is 5.35. The lowest BCUT2D eigenvalue weighted by Gasteiger charge is -2.20. The standard InChI is InChI=1S/C18H19ClN4O2S/c1-23(26-17-9-12(19)3-4-16(17)24-2)13-10-14-15(5-6-20)21-7-8-25-18(14)22-11-13/h3-6,9-11,20-21H,7-8H2,1-2H3/b15-5-,20-6?. The Bertz CT molecular complexity index is 844. The topological polar surface area (TPSA) is 70.5 Å². The first-order valence-corrected chi connectivity index (χ1v) is 9.10. The maximum Gasteiger partial charge on any atom is 0.223 e. The molecule has 0 bridgehead atoms. The summed E-state index contributed by atoms with van der Waals surface area (Å²) in [5, 5.41) is 11.3. The minimum absolute atomic E-state index is 0.527. The zero-order chi connectivity index (χ0) is 18.5. The highest BCUT2D eigenvalue weighted by atomic mass is 35.5. The quantitative estimate of drug-likeness (QED) is 0.596. The van der Waals surface area contributed by atoms with Crippen LogP contribution >= 0.6 is 23.5 Å². The lowest BCUT2D eigenvalue weighted by atomic mass is 10.2. The summed E-state index contributed by atoms with van der Waals surface area (Å²) in [5.41, 5.74) is 2.54. The molecule has 3 rings (SSSR count). The maximum atomic E-state index is 7.36. The number of anilines is 1. The number of hydrogen-bond acceptors (Lipinski definition) is 7. The molecule has 1 aromatic heterocycles. The Hall–Kier alpha value is -2.38. The molecule has 1 aromatic carbocycles. The lowest BCUT2D eigenvalue weighted by Crippen LogP contribution is -2.16. The van der Waals surface area contributed by atoms with Gasteiger partial charge in [-0.1, -0.05) is 11.6 Å². The molecule has 26 heavy (non-hydrogen) atoms. The van der Waals surface area contributed by atoms with Gasteiger partial charge in [-0.25, -0.2) is 4.98 Å². The Morgan fingerprint density at radius 3 is 3.04 bits per heavy atom. The van der Waals surface area contributed by atoms with Gasteiger partial charge in [0.05, 0.1) is 29.5 Å². The Morgan fingerprint density at radius 2 is 2.27 bits per heavy atom. The molecule has 0 spiro atoms. The van der Waals surface area contributed by atoms with E-state index in [4.69, 9.17) is 26.5 Å². The molecule has 2 N–H and O–H groups in total. The highest BCUT2D eigenvalue weighted by Crippen LogP contribution is 2.37. The van der Waals surface area contributed by atoms with E-state index in [0.717, 1.165) is 27.6 Å². The van der Waals surface area contributed by atoms with Crippen molar-refractivity contribution in [1.82, 2.24) is 10.3 Å². The van der Waals surface area contributed by atoms with Crippen molar-refractivity contribution in [3.05, 3.63) is 47.1 Å². The summed E-state index contributed by atoms with van der Waals surface area (Å²) in [7, 11) is 3.58. The molecule has 136 valence electrons. The number of fused-ring (bicyclic) bond motifs is 1. The fourth-order valence-corrected chi connectivity index (χ4v) is 3.66. The van der Waals surface area contributed by atoms with E-state index in [2.05, 4.69) is 10.3 Å². The molecule has 6 nitrogen and oxygen atoms in total. The highest BCUT2D eigenvalue weighted by Gasteiger charge is 2.17. The monoisotopic (exact) mass is 390 g/mol. The van der Waals surface area contributed by atoms with Gasteiger partial charge >= 0.3 is 0 Å². The third kappa shape index (κ3) is 4.05. The third-order valence-corrected chi connectivity index (χ3v) is 4.99. The van der Waals surface area contributed by atoms with E-state index in [-0.39, 0.29) is 0 Å².